The van der Waals surface area contributed by atoms with Gasteiger partial charge in [-0.2, -0.15) is 0 Å². The molecular weight excluding hydrogens is 128 g/mol. The van der Waals surface area contributed by atoms with Crippen molar-refractivity contribution in [3.63, 3.8) is 0 Å². The molecule has 0 amide bonds. The molecule has 0 fully saturated rings. The Balaban J connectivity index is 2.17. The maximum Gasteiger partial charge on any atom is 0.123 e. The van der Waals surface area contributed by atoms with Crippen LogP contribution in [0, 0.1) is 0 Å². The normalized spacial score (nSPS) is 14.5. The minimum absolute atomic E-state index is 0.377. The maximum atomic E-state index is 9.68. The van der Waals surface area contributed by atoms with Crippen LogP contribution in [0.2, 0.25) is 0 Å². The second kappa shape index (κ2) is 3.23. The number of allylic oxidation sites excluding steroid dienone is 2. The maximum absolute atomic E-state index is 9.68. The summed E-state index contributed by atoms with van der Waals surface area (Å²) in [6, 6.07) is 0. The van der Waals surface area contributed by atoms with Gasteiger partial charge in [-0.1, -0.05) is 6.92 Å². The Labute approximate surface area is 60.2 Å². The van der Waals surface area contributed by atoms with Crippen molar-refractivity contribution in [2.24, 2.45) is 0 Å². The largest absolute Gasteiger partial charge is 0.493 e. The van der Waals surface area contributed by atoms with E-state index in [1.165, 1.54) is 11.6 Å². The first-order valence-corrected chi connectivity index (χ1v) is 3.41. The molecule has 0 N–H and O–H groups in total. The SMILES string of the molecule is CCC1=C(OCC=C=O)C1. The summed E-state index contributed by atoms with van der Waals surface area (Å²) in [7, 11) is 0. The summed E-state index contributed by atoms with van der Waals surface area (Å²) >= 11 is 0. The van der Waals surface area contributed by atoms with Crippen LogP contribution in [0.15, 0.2) is 17.4 Å². The highest BCUT2D eigenvalue weighted by Crippen LogP contribution is 2.33. The van der Waals surface area contributed by atoms with Crippen LogP contribution >= 0.6 is 0 Å². The Morgan fingerprint density at radius 3 is 3.10 bits per heavy atom. The molecule has 0 spiro atoms. The van der Waals surface area contributed by atoms with Gasteiger partial charge in [0.15, 0.2) is 0 Å². The molecule has 0 radical (unpaired) electrons. The first-order valence-electron chi connectivity index (χ1n) is 3.41. The lowest BCUT2D eigenvalue weighted by atomic mass is 10.4. The molecule has 1 aliphatic rings. The Morgan fingerprint density at radius 2 is 2.60 bits per heavy atom. The Kier molecular flexibility index (Phi) is 2.30. The molecule has 1 aliphatic carbocycles. The van der Waals surface area contributed by atoms with Gasteiger partial charge >= 0.3 is 0 Å². The lowest BCUT2D eigenvalue weighted by Crippen LogP contribution is -1.81. The monoisotopic (exact) mass is 138 g/mol. The van der Waals surface area contributed by atoms with Crippen LogP contribution in [0.25, 0.3) is 0 Å². The predicted molar refractivity (Wildman–Crippen MR) is 38.1 cm³/mol. The van der Waals surface area contributed by atoms with Crippen LogP contribution in [0.4, 0.5) is 0 Å². The molecule has 0 bridgehead atoms. The second-order valence-corrected chi connectivity index (χ2v) is 2.19. The molecule has 1 rings (SSSR count). The first-order chi connectivity index (χ1) is 4.88. The zero-order valence-electron chi connectivity index (χ0n) is 6.02. The molecule has 0 heterocycles. The van der Waals surface area contributed by atoms with E-state index in [9.17, 15) is 4.79 Å². The average molecular weight is 138 g/mol. The predicted octanol–water partition coefficient (Wildman–Crippen LogP) is 1.46. The number of hydrogen-bond donors (Lipinski definition) is 0. The van der Waals surface area contributed by atoms with E-state index in [2.05, 4.69) is 6.92 Å². The average Bonchev–Trinajstić information content (AvgIpc) is 2.68. The fourth-order valence-electron chi connectivity index (χ4n) is 0.801. The van der Waals surface area contributed by atoms with Gasteiger partial charge in [0.05, 0.1) is 0 Å². The van der Waals surface area contributed by atoms with E-state index in [-0.39, 0.29) is 0 Å². The highest BCUT2D eigenvalue weighted by molar-refractivity contribution is 5.45. The van der Waals surface area contributed by atoms with Crippen LogP contribution in [0.1, 0.15) is 19.8 Å². The molecule has 0 aliphatic heterocycles. The second-order valence-electron chi connectivity index (χ2n) is 2.19. The summed E-state index contributed by atoms with van der Waals surface area (Å²) in [6.45, 7) is 2.48. The molecule has 0 saturated carbocycles. The molecule has 0 unspecified atom stereocenters. The molecule has 10 heavy (non-hydrogen) atoms. The zero-order valence-corrected chi connectivity index (χ0v) is 6.02. The van der Waals surface area contributed by atoms with Crippen LogP contribution < -0.4 is 0 Å². The Morgan fingerprint density at radius 1 is 1.80 bits per heavy atom. The number of rotatable bonds is 4. The van der Waals surface area contributed by atoms with Crippen LogP contribution in [0.3, 0.4) is 0 Å². The van der Waals surface area contributed by atoms with Crippen molar-refractivity contribution in [3.8, 4) is 0 Å². The smallest absolute Gasteiger partial charge is 0.123 e. The van der Waals surface area contributed by atoms with E-state index in [4.69, 9.17) is 4.74 Å². The molecule has 2 nitrogen and oxygen atoms in total. The van der Waals surface area contributed by atoms with E-state index < -0.39 is 0 Å². The summed E-state index contributed by atoms with van der Waals surface area (Å²) in [6.07, 6.45) is 3.42. The standard InChI is InChI=1S/C8H10O2/c1-2-7-6-8(7)10-5-3-4-9/h3H,2,5-6H2,1H3. The minimum Gasteiger partial charge on any atom is -0.493 e. The van der Waals surface area contributed by atoms with E-state index in [1.807, 2.05) is 0 Å². The summed E-state index contributed by atoms with van der Waals surface area (Å²) in [5.41, 5.74) is 1.37. The van der Waals surface area contributed by atoms with Crippen LogP contribution in [-0.4, -0.2) is 12.5 Å². The van der Waals surface area contributed by atoms with E-state index in [1.54, 1.807) is 5.94 Å². The van der Waals surface area contributed by atoms with Gasteiger partial charge < -0.3 is 4.74 Å². The fraction of sp³-hybridized carbons (Fsp3) is 0.500. The van der Waals surface area contributed by atoms with Crippen molar-refractivity contribution in [1.82, 2.24) is 0 Å². The van der Waals surface area contributed by atoms with Crippen LogP contribution in [-0.2, 0) is 9.53 Å². The van der Waals surface area contributed by atoms with E-state index in [0.29, 0.717) is 6.61 Å². The number of hydrogen-bond acceptors (Lipinski definition) is 2. The number of carbonyl (C=O) groups excluding carboxylic acids is 1. The van der Waals surface area contributed by atoms with Gasteiger partial charge in [0.25, 0.3) is 0 Å². The fourth-order valence-corrected chi connectivity index (χ4v) is 0.801. The summed E-state index contributed by atoms with van der Waals surface area (Å²) < 4.78 is 5.16. The zero-order chi connectivity index (χ0) is 7.40. The molecule has 0 aromatic rings. The van der Waals surface area contributed by atoms with Gasteiger partial charge in [-0.05, 0) is 12.0 Å². The summed E-state index contributed by atoms with van der Waals surface area (Å²) in [4.78, 5) is 9.68. The molecule has 0 saturated heterocycles. The summed E-state index contributed by atoms with van der Waals surface area (Å²) in [5.74, 6) is 2.72. The molecule has 0 aromatic carbocycles. The molecule has 54 valence electrons. The van der Waals surface area contributed by atoms with E-state index in [0.717, 1.165) is 18.6 Å². The van der Waals surface area contributed by atoms with Gasteiger partial charge in [0.2, 0.25) is 0 Å². The van der Waals surface area contributed by atoms with Gasteiger partial charge in [-0.3, -0.25) is 0 Å². The number of ether oxygens (including phenoxy) is 1. The van der Waals surface area contributed by atoms with Crippen molar-refractivity contribution in [1.29, 1.82) is 0 Å². The highest BCUT2D eigenvalue weighted by Gasteiger charge is 2.20. The van der Waals surface area contributed by atoms with Crippen molar-refractivity contribution in [2.75, 3.05) is 6.61 Å². The van der Waals surface area contributed by atoms with E-state index >= 15 is 0 Å². The third kappa shape index (κ3) is 1.74. The third-order valence-corrected chi connectivity index (χ3v) is 1.49. The molecular formula is C8H10O2. The molecule has 0 atom stereocenters. The molecule has 2 heteroatoms. The van der Waals surface area contributed by atoms with Crippen molar-refractivity contribution in [2.45, 2.75) is 19.8 Å². The quantitative estimate of drug-likeness (QED) is 0.550. The Bertz CT molecular complexity index is 197. The lowest BCUT2D eigenvalue weighted by molar-refractivity contribution is 0.264. The van der Waals surface area contributed by atoms with Gasteiger partial charge in [0, 0.05) is 12.5 Å². The summed E-state index contributed by atoms with van der Waals surface area (Å²) in [5, 5.41) is 0. The minimum atomic E-state index is 0.377. The van der Waals surface area contributed by atoms with Crippen LogP contribution in [0.5, 0.6) is 0 Å². The topological polar surface area (TPSA) is 26.3 Å². The van der Waals surface area contributed by atoms with Crippen molar-refractivity contribution in [3.05, 3.63) is 17.4 Å². The highest BCUT2D eigenvalue weighted by atomic mass is 16.5. The molecule has 0 aromatic heterocycles. The van der Waals surface area contributed by atoms with Gasteiger partial charge in [0.1, 0.15) is 18.3 Å². The van der Waals surface area contributed by atoms with Gasteiger partial charge in [-0.15, -0.1) is 0 Å². The van der Waals surface area contributed by atoms with Gasteiger partial charge in [-0.25, -0.2) is 4.79 Å². The lowest BCUT2D eigenvalue weighted by Gasteiger charge is -1.90. The first kappa shape index (κ1) is 7.10. The van der Waals surface area contributed by atoms with Crippen molar-refractivity contribution < 1.29 is 9.53 Å². The Hall–Kier alpha value is -1.01. The third-order valence-electron chi connectivity index (χ3n) is 1.49. The van der Waals surface area contributed by atoms with Crippen molar-refractivity contribution >= 4 is 5.94 Å².